The Kier molecular flexibility index (Phi) is 5.97. The maximum Gasteiger partial charge on any atom is 0.261 e. The van der Waals surface area contributed by atoms with E-state index in [9.17, 15) is 4.79 Å². The maximum atomic E-state index is 12.8. The van der Waals surface area contributed by atoms with Crippen LogP contribution in [0.5, 0.6) is 11.5 Å². The van der Waals surface area contributed by atoms with Gasteiger partial charge in [-0.3, -0.25) is 4.79 Å². The van der Waals surface area contributed by atoms with Crippen molar-refractivity contribution in [1.82, 2.24) is 5.32 Å². The molecule has 2 atom stereocenters. The van der Waals surface area contributed by atoms with Gasteiger partial charge in [0.05, 0.1) is 13.2 Å². The zero-order valence-electron chi connectivity index (χ0n) is 15.9. The second-order valence-electron chi connectivity index (χ2n) is 6.50. The molecule has 3 aromatic rings. The minimum atomic E-state index is -0.545. The smallest absolute Gasteiger partial charge is 0.261 e. The van der Waals surface area contributed by atoms with Gasteiger partial charge in [0.15, 0.2) is 6.10 Å². The van der Waals surface area contributed by atoms with E-state index in [1.165, 1.54) is 0 Å². The van der Waals surface area contributed by atoms with Crippen LogP contribution >= 0.6 is 0 Å². The number of rotatable bonds is 7. The number of benzene rings is 3. The van der Waals surface area contributed by atoms with Crippen LogP contribution in [0.4, 0.5) is 0 Å². The molecule has 3 rings (SSSR count). The van der Waals surface area contributed by atoms with Gasteiger partial charge < -0.3 is 14.8 Å². The molecule has 0 fully saturated rings. The van der Waals surface area contributed by atoms with Crippen molar-refractivity contribution >= 4 is 16.7 Å². The van der Waals surface area contributed by atoms with Crippen LogP contribution in [0, 0.1) is 0 Å². The fourth-order valence-electron chi connectivity index (χ4n) is 3.06. The van der Waals surface area contributed by atoms with Crippen molar-refractivity contribution in [3.63, 3.8) is 0 Å². The van der Waals surface area contributed by atoms with E-state index in [2.05, 4.69) is 5.32 Å². The minimum Gasteiger partial charge on any atom is -0.497 e. The summed E-state index contributed by atoms with van der Waals surface area (Å²) in [6.45, 7) is 3.91. The van der Waals surface area contributed by atoms with Gasteiger partial charge in [-0.2, -0.15) is 0 Å². The summed E-state index contributed by atoms with van der Waals surface area (Å²) < 4.78 is 11.3. The third-order valence-corrected chi connectivity index (χ3v) is 4.66. The van der Waals surface area contributed by atoms with Crippen LogP contribution in [0.15, 0.2) is 66.7 Å². The van der Waals surface area contributed by atoms with Crippen molar-refractivity contribution in [2.45, 2.75) is 32.4 Å². The number of carbonyl (C=O) groups is 1. The van der Waals surface area contributed by atoms with E-state index in [1.54, 1.807) is 7.11 Å². The summed E-state index contributed by atoms with van der Waals surface area (Å²) in [5.41, 5.74) is 1.02. The van der Waals surface area contributed by atoms with Crippen molar-refractivity contribution in [3.8, 4) is 11.5 Å². The molecule has 3 aromatic carbocycles. The summed E-state index contributed by atoms with van der Waals surface area (Å²) in [6, 6.07) is 21.5. The van der Waals surface area contributed by atoms with E-state index in [4.69, 9.17) is 9.47 Å². The standard InChI is InChI=1S/C23H25NO3/c1-4-21(27-22-11-7-9-18-8-5-6-10-20(18)22)23(25)24-16(2)17-12-14-19(26-3)15-13-17/h5-16,21H,4H2,1-3H3,(H,24,25)/t16-,21-/m1/s1. The molecule has 0 aliphatic rings. The number of ether oxygens (including phenoxy) is 2. The van der Waals surface area contributed by atoms with E-state index in [1.807, 2.05) is 80.6 Å². The van der Waals surface area contributed by atoms with Gasteiger partial charge in [0.25, 0.3) is 5.91 Å². The predicted molar refractivity (Wildman–Crippen MR) is 108 cm³/mol. The van der Waals surface area contributed by atoms with Crippen molar-refractivity contribution in [1.29, 1.82) is 0 Å². The van der Waals surface area contributed by atoms with Gasteiger partial charge in [-0.25, -0.2) is 0 Å². The molecule has 0 unspecified atom stereocenters. The van der Waals surface area contributed by atoms with Crippen LogP contribution in [-0.4, -0.2) is 19.1 Å². The zero-order chi connectivity index (χ0) is 19.2. The Bertz CT molecular complexity index is 900. The lowest BCUT2D eigenvalue weighted by atomic mass is 10.1. The molecule has 0 spiro atoms. The van der Waals surface area contributed by atoms with Gasteiger partial charge in [0.1, 0.15) is 11.5 Å². The average molecular weight is 363 g/mol. The molecule has 0 aliphatic carbocycles. The second-order valence-corrected chi connectivity index (χ2v) is 6.50. The third kappa shape index (κ3) is 4.40. The molecule has 1 amide bonds. The molecule has 27 heavy (non-hydrogen) atoms. The lowest BCUT2D eigenvalue weighted by molar-refractivity contribution is -0.128. The van der Waals surface area contributed by atoms with Crippen LogP contribution in [0.3, 0.4) is 0 Å². The van der Waals surface area contributed by atoms with Crippen LogP contribution in [0.2, 0.25) is 0 Å². The highest BCUT2D eigenvalue weighted by atomic mass is 16.5. The number of methoxy groups -OCH3 is 1. The van der Waals surface area contributed by atoms with Gasteiger partial charge in [-0.15, -0.1) is 0 Å². The van der Waals surface area contributed by atoms with Gasteiger partial charge in [0.2, 0.25) is 0 Å². The fourth-order valence-corrected chi connectivity index (χ4v) is 3.06. The van der Waals surface area contributed by atoms with Crippen LogP contribution < -0.4 is 14.8 Å². The van der Waals surface area contributed by atoms with E-state index in [-0.39, 0.29) is 11.9 Å². The zero-order valence-corrected chi connectivity index (χ0v) is 15.9. The van der Waals surface area contributed by atoms with Gasteiger partial charge in [-0.1, -0.05) is 55.5 Å². The highest BCUT2D eigenvalue weighted by molar-refractivity contribution is 5.89. The van der Waals surface area contributed by atoms with Crippen LogP contribution in [0.25, 0.3) is 10.8 Å². The molecule has 4 nitrogen and oxygen atoms in total. The Balaban J connectivity index is 1.71. The van der Waals surface area contributed by atoms with Gasteiger partial charge >= 0.3 is 0 Å². The third-order valence-electron chi connectivity index (χ3n) is 4.66. The first kappa shape index (κ1) is 18.8. The van der Waals surface area contributed by atoms with Crippen molar-refractivity contribution in [2.75, 3.05) is 7.11 Å². The molecule has 0 aliphatic heterocycles. The molecule has 0 heterocycles. The lowest BCUT2D eigenvalue weighted by Crippen LogP contribution is -2.39. The highest BCUT2D eigenvalue weighted by Gasteiger charge is 2.21. The molecule has 0 saturated heterocycles. The summed E-state index contributed by atoms with van der Waals surface area (Å²) in [5, 5.41) is 5.15. The predicted octanol–water partition coefficient (Wildman–Crippen LogP) is 4.88. The Morgan fingerprint density at radius 1 is 1.00 bits per heavy atom. The molecule has 140 valence electrons. The Morgan fingerprint density at radius 2 is 1.70 bits per heavy atom. The Morgan fingerprint density at radius 3 is 2.41 bits per heavy atom. The molecular weight excluding hydrogens is 338 g/mol. The number of hydrogen-bond acceptors (Lipinski definition) is 3. The number of amides is 1. The quantitative estimate of drug-likeness (QED) is 0.650. The summed E-state index contributed by atoms with van der Waals surface area (Å²) in [6.07, 6.45) is 0.0428. The van der Waals surface area contributed by atoms with Crippen molar-refractivity contribution in [3.05, 3.63) is 72.3 Å². The van der Waals surface area contributed by atoms with Crippen LogP contribution in [-0.2, 0) is 4.79 Å². The summed E-state index contributed by atoms with van der Waals surface area (Å²) in [5.74, 6) is 1.41. The second kappa shape index (κ2) is 8.58. The molecule has 1 N–H and O–H groups in total. The Labute approximate surface area is 160 Å². The van der Waals surface area contributed by atoms with E-state index >= 15 is 0 Å². The number of nitrogens with one attached hydrogen (secondary N) is 1. The summed E-state index contributed by atoms with van der Waals surface area (Å²) in [4.78, 5) is 12.8. The van der Waals surface area contributed by atoms with Crippen LogP contribution in [0.1, 0.15) is 31.9 Å². The summed E-state index contributed by atoms with van der Waals surface area (Å²) in [7, 11) is 1.64. The molecule has 0 aromatic heterocycles. The van der Waals surface area contributed by atoms with Gasteiger partial charge in [-0.05, 0) is 42.5 Å². The van der Waals surface area contributed by atoms with E-state index in [0.29, 0.717) is 6.42 Å². The number of carbonyl (C=O) groups excluding carboxylic acids is 1. The first-order valence-corrected chi connectivity index (χ1v) is 9.21. The monoisotopic (exact) mass is 363 g/mol. The first-order valence-electron chi connectivity index (χ1n) is 9.21. The normalized spacial score (nSPS) is 13.0. The SMILES string of the molecule is CC[C@@H](Oc1cccc2ccccc12)C(=O)N[C@H](C)c1ccc(OC)cc1. The maximum absolute atomic E-state index is 12.8. The molecular formula is C23H25NO3. The molecule has 4 heteroatoms. The van der Waals surface area contributed by atoms with E-state index < -0.39 is 6.10 Å². The Hall–Kier alpha value is -3.01. The largest absolute Gasteiger partial charge is 0.497 e. The molecule has 0 bridgehead atoms. The van der Waals surface area contributed by atoms with Crippen molar-refractivity contribution in [2.24, 2.45) is 0 Å². The highest BCUT2D eigenvalue weighted by Crippen LogP contribution is 2.27. The average Bonchev–Trinajstić information content (AvgIpc) is 2.72. The number of fused-ring (bicyclic) bond motifs is 1. The first-order chi connectivity index (χ1) is 13.1. The van der Waals surface area contributed by atoms with Gasteiger partial charge in [0, 0.05) is 5.39 Å². The van der Waals surface area contributed by atoms with E-state index in [0.717, 1.165) is 27.8 Å². The minimum absolute atomic E-state index is 0.117. The summed E-state index contributed by atoms with van der Waals surface area (Å²) >= 11 is 0. The lowest BCUT2D eigenvalue weighted by Gasteiger charge is -2.21. The van der Waals surface area contributed by atoms with Crippen molar-refractivity contribution < 1.29 is 14.3 Å². The topological polar surface area (TPSA) is 47.6 Å². The molecule has 0 saturated carbocycles. The molecule has 0 radical (unpaired) electrons. The number of hydrogen-bond donors (Lipinski definition) is 1. The fraction of sp³-hybridized carbons (Fsp3) is 0.261.